The van der Waals surface area contributed by atoms with E-state index in [1.54, 1.807) is 0 Å². The standard InChI is InChI=1S/C20H18N/c1-14-7-10-20-19-11-16(18-6-4-3-5-15(18)2)8-9-17(19)13-21(20)12-14/h3-12H,13H2,1-2H3/q+1. The van der Waals surface area contributed by atoms with Crippen molar-refractivity contribution in [2.75, 3.05) is 0 Å². The quantitative estimate of drug-likeness (QED) is 0.455. The average Bonchev–Trinajstić information content (AvgIpc) is 2.84. The second-order valence-electron chi connectivity index (χ2n) is 5.91. The van der Waals surface area contributed by atoms with Crippen LogP contribution in [-0.4, -0.2) is 0 Å². The lowest BCUT2D eigenvalue weighted by Gasteiger charge is -2.06. The molecular weight excluding hydrogens is 254 g/mol. The first-order valence-electron chi connectivity index (χ1n) is 7.42. The van der Waals surface area contributed by atoms with Crippen LogP contribution in [0.25, 0.3) is 22.4 Å². The molecule has 1 heteroatoms. The van der Waals surface area contributed by atoms with E-state index >= 15 is 0 Å². The van der Waals surface area contributed by atoms with Gasteiger partial charge in [-0.3, -0.25) is 0 Å². The molecule has 0 bridgehead atoms. The number of nitrogens with zero attached hydrogens (tertiary/aromatic N) is 1. The minimum absolute atomic E-state index is 0.987. The summed E-state index contributed by atoms with van der Waals surface area (Å²) in [5.74, 6) is 0. The van der Waals surface area contributed by atoms with E-state index in [2.05, 4.69) is 79.2 Å². The van der Waals surface area contributed by atoms with Crippen LogP contribution in [0.4, 0.5) is 0 Å². The van der Waals surface area contributed by atoms with Gasteiger partial charge in [0.15, 0.2) is 12.7 Å². The van der Waals surface area contributed by atoms with Crippen molar-refractivity contribution in [3.05, 3.63) is 77.5 Å². The maximum absolute atomic E-state index is 2.35. The molecule has 0 spiro atoms. The molecule has 3 aromatic rings. The zero-order valence-corrected chi connectivity index (χ0v) is 12.4. The minimum Gasteiger partial charge on any atom is -0.194 e. The first kappa shape index (κ1) is 12.3. The van der Waals surface area contributed by atoms with E-state index in [-0.39, 0.29) is 0 Å². The van der Waals surface area contributed by atoms with Crippen LogP contribution in [0.15, 0.2) is 60.8 Å². The Kier molecular flexibility index (Phi) is 2.68. The van der Waals surface area contributed by atoms with Gasteiger partial charge in [0.2, 0.25) is 5.69 Å². The van der Waals surface area contributed by atoms with Crippen LogP contribution in [-0.2, 0) is 6.54 Å². The molecule has 1 aliphatic rings. The first-order chi connectivity index (χ1) is 10.2. The van der Waals surface area contributed by atoms with Crippen molar-refractivity contribution in [3.63, 3.8) is 0 Å². The van der Waals surface area contributed by atoms with E-state index in [9.17, 15) is 0 Å². The van der Waals surface area contributed by atoms with E-state index in [1.807, 2.05) is 0 Å². The van der Waals surface area contributed by atoms with Crippen LogP contribution < -0.4 is 4.57 Å². The molecule has 2 aromatic carbocycles. The van der Waals surface area contributed by atoms with Gasteiger partial charge in [0.25, 0.3) is 0 Å². The summed E-state index contributed by atoms with van der Waals surface area (Å²) in [6.07, 6.45) is 2.24. The molecule has 1 nitrogen and oxygen atoms in total. The molecule has 1 aromatic heterocycles. The molecule has 0 atom stereocenters. The number of pyridine rings is 1. The highest BCUT2D eigenvalue weighted by Gasteiger charge is 2.26. The molecule has 1 aliphatic heterocycles. The molecule has 0 amide bonds. The van der Waals surface area contributed by atoms with Gasteiger partial charge in [-0.25, -0.2) is 0 Å². The summed E-state index contributed by atoms with van der Waals surface area (Å²) in [4.78, 5) is 0. The minimum atomic E-state index is 0.987. The maximum atomic E-state index is 2.35. The number of hydrogen-bond acceptors (Lipinski definition) is 0. The third-order valence-electron chi connectivity index (χ3n) is 4.36. The number of rotatable bonds is 1. The van der Waals surface area contributed by atoms with E-state index in [1.165, 1.54) is 39.1 Å². The fraction of sp³-hybridized carbons (Fsp3) is 0.150. The smallest absolute Gasteiger partial charge is 0.194 e. The van der Waals surface area contributed by atoms with Gasteiger partial charge in [-0.15, -0.1) is 0 Å². The van der Waals surface area contributed by atoms with Crippen molar-refractivity contribution in [3.8, 4) is 22.4 Å². The van der Waals surface area contributed by atoms with Gasteiger partial charge in [-0.05, 0) is 42.7 Å². The molecule has 0 fully saturated rings. The second-order valence-corrected chi connectivity index (χ2v) is 5.91. The molecule has 0 saturated heterocycles. The molecule has 0 unspecified atom stereocenters. The molecule has 4 rings (SSSR count). The van der Waals surface area contributed by atoms with Gasteiger partial charge >= 0.3 is 0 Å². The van der Waals surface area contributed by atoms with Gasteiger partial charge in [0.05, 0.1) is 5.56 Å². The Morgan fingerprint density at radius 3 is 2.57 bits per heavy atom. The van der Waals surface area contributed by atoms with Crippen LogP contribution in [0.1, 0.15) is 16.7 Å². The number of aryl methyl sites for hydroxylation is 2. The fourth-order valence-electron chi connectivity index (χ4n) is 3.24. The summed E-state index contributed by atoms with van der Waals surface area (Å²) in [5.41, 5.74) is 9.38. The summed E-state index contributed by atoms with van der Waals surface area (Å²) in [6.45, 7) is 5.31. The highest BCUT2D eigenvalue weighted by molar-refractivity contribution is 5.75. The molecule has 21 heavy (non-hydrogen) atoms. The predicted molar refractivity (Wildman–Crippen MR) is 86.1 cm³/mol. The lowest BCUT2D eigenvalue weighted by Crippen LogP contribution is -2.32. The Balaban J connectivity index is 1.88. The number of benzene rings is 2. The van der Waals surface area contributed by atoms with Crippen molar-refractivity contribution in [1.82, 2.24) is 0 Å². The molecule has 102 valence electrons. The number of aromatic nitrogens is 1. The first-order valence-corrected chi connectivity index (χ1v) is 7.42. The molecule has 0 aliphatic carbocycles. The highest BCUT2D eigenvalue weighted by Crippen LogP contribution is 2.32. The Labute approximate surface area is 125 Å². The third kappa shape index (κ3) is 1.97. The molecular formula is C20H18N+. The van der Waals surface area contributed by atoms with Crippen LogP contribution >= 0.6 is 0 Å². The summed E-state index contributed by atoms with van der Waals surface area (Å²) in [5, 5.41) is 0. The molecule has 0 saturated carbocycles. The maximum Gasteiger partial charge on any atom is 0.213 e. The van der Waals surface area contributed by atoms with Crippen molar-refractivity contribution in [1.29, 1.82) is 0 Å². The van der Waals surface area contributed by atoms with E-state index in [4.69, 9.17) is 0 Å². The Morgan fingerprint density at radius 1 is 0.857 bits per heavy atom. The lowest BCUT2D eigenvalue weighted by atomic mass is 9.96. The van der Waals surface area contributed by atoms with Crippen molar-refractivity contribution in [2.45, 2.75) is 20.4 Å². The normalized spacial score (nSPS) is 12.1. The fourth-order valence-corrected chi connectivity index (χ4v) is 3.24. The SMILES string of the molecule is Cc1ccc2[n+](c1)Cc1ccc(-c3ccccc3C)cc1-2. The topological polar surface area (TPSA) is 3.88 Å². The van der Waals surface area contributed by atoms with Crippen LogP contribution in [0.5, 0.6) is 0 Å². The number of fused-ring (bicyclic) bond motifs is 3. The number of hydrogen-bond donors (Lipinski definition) is 0. The Hall–Kier alpha value is -2.41. The summed E-state index contributed by atoms with van der Waals surface area (Å²) >= 11 is 0. The lowest BCUT2D eigenvalue weighted by molar-refractivity contribution is -0.672. The van der Waals surface area contributed by atoms with Crippen molar-refractivity contribution in [2.24, 2.45) is 0 Å². The summed E-state index contributed by atoms with van der Waals surface area (Å²) in [6, 6.07) is 19.9. The van der Waals surface area contributed by atoms with Crippen molar-refractivity contribution < 1.29 is 4.57 Å². The van der Waals surface area contributed by atoms with Gasteiger partial charge in [-0.1, -0.05) is 36.4 Å². The van der Waals surface area contributed by atoms with Gasteiger partial charge < -0.3 is 0 Å². The van der Waals surface area contributed by atoms with Crippen LogP contribution in [0, 0.1) is 13.8 Å². The summed E-state index contributed by atoms with van der Waals surface area (Å²) < 4.78 is 2.35. The van der Waals surface area contributed by atoms with Crippen LogP contribution in [0.3, 0.4) is 0 Å². The zero-order valence-electron chi connectivity index (χ0n) is 12.4. The Bertz CT molecular complexity index is 846. The van der Waals surface area contributed by atoms with E-state index in [0.29, 0.717) is 0 Å². The predicted octanol–water partition coefficient (Wildman–Crippen LogP) is 4.29. The summed E-state index contributed by atoms with van der Waals surface area (Å²) in [7, 11) is 0. The molecule has 0 radical (unpaired) electrons. The molecule has 2 heterocycles. The van der Waals surface area contributed by atoms with E-state index in [0.717, 1.165) is 6.54 Å². The Morgan fingerprint density at radius 2 is 1.71 bits per heavy atom. The zero-order chi connectivity index (χ0) is 14.4. The van der Waals surface area contributed by atoms with Gasteiger partial charge in [0, 0.05) is 17.2 Å². The van der Waals surface area contributed by atoms with Crippen LogP contribution in [0.2, 0.25) is 0 Å². The van der Waals surface area contributed by atoms with E-state index < -0.39 is 0 Å². The monoisotopic (exact) mass is 272 g/mol. The molecule has 0 N–H and O–H groups in total. The van der Waals surface area contributed by atoms with Gasteiger partial charge in [-0.2, -0.15) is 4.57 Å². The largest absolute Gasteiger partial charge is 0.213 e. The highest BCUT2D eigenvalue weighted by atomic mass is 15.0. The van der Waals surface area contributed by atoms with Crippen molar-refractivity contribution >= 4 is 0 Å². The average molecular weight is 272 g/mol. The van der Waals surface area contributed by atoms with Gasteiger partial charge in [0.1, 0.15) is 0 Å². The second kappa shape index (κ2) is 4.56. The third-order valence-corrected chi connectivity index (χ3v) is 4.36.